The lowest BCUT2D eigenvalue weighted by molar-refractivity contribution is 0.659. The van der Waals surface area contributed by atoms with Gasteiger partial charge < -0.3 is 10.2 Å². The number of nitrogens with one attached hydrogen (secondary N) is 1. The number of aryl methyl sites for hydroxylation is 1. The van der Waals surface area contributed by atoms with Crippen LogP contribution in [0, 0.1) is 0 Å². The molecule has 0 unspecified atom stereocenters. The zero-order valence-corrected chi connectivity index (χ0v) is 12.5. The first kappa shape index (κ1) is 15.0. The molecule has 0 fully saturated rings. The van der Waals surface area contributed by atoms with E-state index in [0.29, 0.717) is 6.04 Å². The molecule has 0 radical (unpaired) electrons. The van der Waals surface area contributed by atoms with Crippen molar-refractivity contribution in [1.29, 1.82) is 0 Å². The van der Waals surface area contributed by atoms with E-state index >= 15 is 0 Å². The Labute approximate surface area is 112 Å². The molecule has 18 heavy (non-hydrogen) atoms. The van der Waals surface area contributed by atoms with Crippen molar-refractivity contribution in [3.8, 4) is 0 Å². The average molecular weight is 249 g/mol. The molecule has 3 nitrogen and oxygen atoms in total. The van der Waals surface area contributed by atoms with Crippen LogP contribution in [0.3, 0.4) is 0 Å². The van der Waals surface area contributed by atoms with Gasteiger partial charge in [0.1, 0.15) is 5.82 Å². The second-order valence-electron chi connectivity index (χ2n) is 5.00. The molecule has 1 N–H and O–H groups in total. The Morgan fingerprint density at radius 3 is 2.50 bits per heavy atom. The van der Waals surface area contributed by atoms with Crippen molar-refractivity contribution in [2.75, 3.05) is 18.5 Å². The van der Waals surface area contributed by atoms with E-state index in [0.717, 1.165) is 31.7 Å². The average Bonchev–Trinajstić information content (AvgIpc) is 2.35. The van der Waals surface area contributed by atoms with Crippen LogP contribution in [0.5, 0.6) is 0 Å². The molecule has 0 saturated heterocycles. The molecule has 0 aromatic carbocycles. The van der Waals surface area contributed by atoms with E-state index in [9.17, 15) is 0 Å². The molecule has 1 aromatic rings. The van der Waals surface area contributed by atoms with Crippen molar-refractivity contribution in [2.24, 2.45) is 0 Å². The third kappa shape index (κ3) is 3.98. The maximum atomic E-state index is 4.77. The number of anilines is 1. The third-order valence-corrected chi connectivity index (χ3v) is 3.05. The van der Waals surface area contributed by atoms with Crippen molar-refractivity contribution in [1.82, 2.24) is 10.3 Å². The molecule has 1 aromatic heterocycles. The second-order valence-corrected chi connectivity index (χ2v) is 5.00. The van der Waals surface area contributed by atoms with E-state index in [1.807, 2.05) is 7.05 Å². The summed E-state index contributed by atoms with van der Waals surface area (Å²) in [5, 5.41) is 3.22. The van der Waals surface area contributed by atoms with Gasteiger partial charge in [-0.05, 0) is 51.4 Å². The van der Waals surface area contributed by atoms with E-state index in [4.69, 9.17) is 4.98 Å². The Morgan fingerprint density at radius 1 is 1.28 bits per heavy atom. The maximum Gasteiger partial charge on any atom is 0.129 e. The SMILES string of the molecule is CCCN(c1cc(CNC)cc(CC)n1)C(C)C. The molecule has 0 saturated carbocycles. The van der Waals surface area contributed by atoms with Crippen molar-refractivity contribution in [2.45, 2.75) is 53.1 Å². The summed E-state index contributed by atoms with van der Waals surface area (Å²) in [6, 6.07) is 4.91. The minimum Gasteiger partial charge on any atom is -0.354 e. The molecule has 0 aliphatic heterocycles. The molecule has 3 heteroatoms. The van der Waals surface area contributed by atoms with Gasteiger partial charge in [-0.2, -0.15) is 0 Å². The van der Waals surface area contributed by atoms with Crippen molar-refractivity contribution in [3.63, 3.8) is 0 Å². The summed E-state index contributed by atoms with van der Waals surface area (Å²) in [6.45, 7) is 10.8. The maximum absolute atomic E-state index is 4.77. The second kappa shape index (κ2) is 7.37. The van der Waals surface area contributed by atoms with Gasteiger partial charge in [0, 0.05) is 24.8 Å². The summed E-state index contributed by atoms with van der Waals surface area (Å²) >= 11 is 0. The van der Waals surface area contributed by atoms with Gasteiger partial charge in [0.25, 0.3) is 0 Å². The predicted octanol–water partition coefficient (Wildman–Crippen LogP) is 2.99. The molecule has 0 aliphatic carbocycles. The van der Waals surface area contributed by atoms with Crippen molar-refractivity contribution < 1.29 is 0 Å². The number of pyridine rings is 1. The lowest BCUT2D eigenvalue weighted by atomic mass is 10.1. The molecule has 102 valence electrons. The smallest absolute Gasteiger partial charge is 0.129 e. The van der Waals surface area contributed by atoms with Gasteiger partial charge in [-0.1, -0.05) is 13.8 Å². The van der Waals surface area contributed by atoms with E-state index < -0.39 is 0 Å². The summed E-state index contributed by atoms with van der Waals surface area (Å²) in [4.78, 5) is 7.16. The Morgan fingerprint density at radius 2 is 2.00 bits per heavy atom. The zero-order valence-electron chi connectivity index (χ0n) is 12.5. The molecule has 1 rings (SSSR count). The molecule has 0 bridgehead atoms. The largest absolute Gasteiger partial charge is 0.354 e. The van der Waals surface area contributed by atoms with Crippen LogP contribution in [0.15, 0.2) is 12.1 Å². The number of aromatic nitrogens is 1. The van der Waals surface area contributed by atoms with Gasteiger partial charge in [-0.3, -0.25) is 0 Å². The molecule has 0 aliphatic rings. The first-order valence-electron chi connectivity index (χ1n) is 7.03. The third-order valence-electron chi connectivity index (χ3n) is 3.05. The molecule has 1 heterocycles. The minimum atomic E-state index is 0.493. The Balaban J connectivity index is 3.07. The van der Waals surface area contributed by atoms with E-state index in [2.05, 4.69) is 50.0 Å². The van der Waals surface area contributed by atoms with Crippen LogP contribution in [-0.4, -0.2) is 24.6 Å². The zero-order chi connectivity index (χ0) is 13.5. The van der Waals surface area contributed by atoms with E-state index in [1.165, 1.54) is 11.3 Å². The van der Waals surface area contributed by atoms with Gasteiger partial charge in [0.15, 0.2) is 0 Å². The fourth-order valence-electron chi connectivity index (χ4n) is 2.15. The molecule has 0 atom stereocenters. The Bertz CT molecular complexity index is 361. The van der Waals surface area contributed by atoms with Crippen molar-refractivity contribution >= 4 is 5.82 Å². The molecular formula is C15H27N3. The number of rotatable bonds is 7. The van der Waals surface area contributed by atoms with Crippen molar-refractivity contribution in [3.05, 3.63) is 23.4 Å². The fraction of sp³-hybridized carbons (Fsp3) is 0.667. The Kier molecular flexibility index (Phi) is 6.13. The van der Waals surface area contributed by atoms with Crippen LogP contribution in [0.25, 0.3) is 0 Å². The lowest BCUT2D eigenvalue weighted by Crippen LogP contribution is -2.32. The van der Waals surface area contributed by atoms with Crippen LogP contribution in [0.1, 0.15) is 45.4 Å². The van der Waals surface area contributed by atoms with Crippen LogP contribution in [0.4, 0.5) is 5.82 Å². The van der Waals surface area contributed by atoms with Gasteiger partial charge in [-0.25, -0.2) is 4.98 Å². The van der Waals surface area contributed by atoms with Crippen LogP contribution >= 0.6 is 0 Å². The highest BCUT2D eigenvalue weighted by molar-refractivity contribution is 5.43. The van der Waals surface area contributed by atoms with Gasteiger partial charge in [-0.15, -0.1) is 0 Å². The summed E-state index contributed by atoms with van der Waals surface area (Å²) < 4.78 is 0. The normalized spacial score (nSPS) is 11.0. The first-order chi connectivity index (χ1) is 8.62. The molecule has 0 amide bonds. The fourth-order valence-corrected chi connectivity index (χ4v) is 2.15. The van der Waals surface area contributed by atoms with Gasteiger partial charge in [0.2, 0.25) is 0 Å². The van der Waals surface area contributed by atoms with Gasteiger partial charge in [0.05, 0.1) is 0 Å². The molecular weight excluding hydrogens is 222 g/mol. The van der Waals surface area contributed by atoms with E-state index in [1.54, 1.807) is 0 Å². The summed E-state index contributed by atoms with van der Waals surface area (Å²) in [6.07, 6.45) is 2.14. The highest BCUT2D eigenvalue weighted by Gasteiger charge is 2.12. The highest BCUT2D eigenvalue weighted by atomic mass is 15.2. The van der Waals surface area contributed by atoms with Crippen LogP contribution in [0.2, 0.25) is 0 Å². The predicted molar refractivity (Wildman–Crippen MR) is 79.2 cm³/mol. The van der Waals surface area contributed by atoms with Gasteiger partial charge >= 0.3 is 0 Å². The van der Waals surface area contributed by atoms with E-state index in [-0.39, 0.29) is 0 Å². The lowest BCUT2D eigenvalue weighted by Gasteiger charge is -2.28. The number of nitrogens with zero attached hydrogens (tertiary/aromatic N) is 2. The summed E-state index contributed by atoms with van der Waals surface area (Å²) in [5.41, 5.74) is 2.50. The van der Waals surface area contributed by atoms with Crippen LogP contribution < -0.4 is 10.2 Å². The summed E-state index contributed by atoms with van der Waals surface area (Å²) in [5.74, 6) is 1.12. The van der Waals surface area contributed by atoms with Crippen LogP contribution in [-0.2, 0) is 13.0 Å². The minimum absolute atomic E-state index is 0.493. The quantitative estimate of drug-likeness (QED) is 0.805. The highest BCUT2D eigenvalue weighted by Crippen LogP contribution is 2.18. The topological polar surface area (TPSA) is 28.2 Å². The number of hydrogen-bond donors (Lipinski definition) is 1. The molecule has 0 spiro atoms. The summed E-state index contributed by atoms with van der Waals surface area (Å²) in [7, 11) is 1.98. The first-order valence-corrected chi connectivity index (χ1v) is 7.03. The standard InChI is InChI=1S/C15H27N3/c1-6-8-18(12(3)4)15-10-13(11-16-5)9-14(7-2)17-15/h9-10,12,16H,6-8,11H2,1-5H3. The Hall–Kier alpha value is -1.09. The number of hydrogen-bond acceptors (Lipinski definition) is 3. The monoisotopic (exact) mass is 249 g/mol.